The lowest BCUT2D eigenvalue weighted by atomic mass is 9.86. The van der Waals surface area contributed by atoms with E-state index in [1.54, 1.807) is 61.5 Å². The minimum atomic E-state index is -2.05. The standard InChI is InChI=1S/C18H16N2O5/c1-2-25-18(17(21)22)15(12-8-4-3-5-9-12)16(20(23)24)13-10-6-7-11-14(13)19-18/h3-11,19H,2H2,1H3,(H,21,22). The molecule has 3 rings (SSSR count). The van der Waals surface area contributed by atoms with Crippen molar-refractivity contribution in [2.75, 3.05) is 11.9 Å². The second-order valence-electron chi connectivity index (χ2n) is 5.44. The molecule has 0 saturated carbocycles. The van der Waals surface area contributed by atoms with E-state index in [0.717, 1.165) is 0 Å². The van der Waals surface area contributed by atoms with Crippen LogP contribution in [0.1, 0.15) is 18.1 Å². The Kier molecular flexibility index (Phi) is 4.24. The molecule has 0 aliphatic carbocycles. The number of anilines is 1. The average Bonchev–Trinajstić information content (AvgIpc) is 2.61. The van der Waals surface area contributed by atoms with Crippen LogP contribution >= 0.6 is 0 Å². The summed E-state index contributed by atoms with van der Waals surface area (Å²) >= 11 is 0. The zero-order valence-electron chi connectivity index (χ0n) is 13.4. The largest absolute Gasteiger partial charge is 0.477 e. The van der Waals surface area contributed by atoms with Crippen LogP contribution in [0.2, 0.25) is 0 Å². The van der Waals surface area contributed by atoms with E-state index in [-0.39, 0.29) is 17.9 Å². The Bertz CT molecular complexity index is 863. The molecule has 7 nitrogen and oxygen atoms in total. The first-order valence-electron chi connectivity index (χ1n) is 7.70. The lowest BCUT2D eigenvalue weighted by Gasteiger charge is -2.36. The summed E-state index contributed by atoms with van der Waals surface area (Å²) < 4.78 is 5.56. The number of nitrogens with one attached hydrogen (secondary N) is 1. The molecule has 2 aromatic carbocycles. The Morgan fingerprint density at radius 1 is 1.20 bits per heavy atom. The number of fused-ring (bicyclic) bond motifs is 1. The minimum Gasteiger partial charge on any atom is -0.477 e. The van der Waals surface area contributed by atoms with E-state index in [4.69, 9.17) is 4.74 Å². The lowest BCUT2D eigenvalue weighted by molar-refractivity contribution is -0.375. The van der Waals surface area contributed by atoms with Gasteiger partial charge in [0.1, 0.15) is 5.57 Å². The summed E-state index contributed by atoms with van der Waals surface area (Å²) in [5.74, 6) is -1.35. The fourth-order valence-corrected chi connectivity index (χ4v) is 3.03. The van der Waals surface area contributed by atoms with E-state index in [1.165, 1.54) is 0 Å². The molecule has 0 bridgehead atoms. The molecule has 0 aromatic heterocycles. The number of hydrogen-bond donors (Lipinski definition) is 2. The first-order chi connectivity index (χ1) is 12.0. The van der Waals surface area contributed by atoms with E-state index < -0.39 is 16.6 Å². The second-order valence-corrected chi connectivity index (χ2v) is 5.44. The predicted molar refractivity (Wildman–Crippen MR) is 92.3 cm³/mol. The molecule has 1 unspecified atom stereocenters. The molecular weight excluding hydrogens is 324 g/mol. The Morgan fingerprint density at radius 3 is 2.44 bits per heavy atom. The summed E-state index contributed by atoms with van der Waals surface area (Å²) in [7, 11) is 0. The summed E-state index contributed by atoms with van der Waals surface area (Å²) in [5, 5.41) is 24.7. The maximum atomic E-state index is 12.2. The minimum absolute atomic E-state index is 0.0221. The molecular formula is C18H16N2O5. The summed E-state index contributed by atoms with van der Waals surface area (Å²) in [6.45, 7) is 1.70. The van der Waals surface area contributed by atoms with Gasteiger partial charge in [-0.15, -0.1) is 0 Å². The second kappa shape index (κ2) is 6.37. The van der Waals surface area contributed by atoms with Gasteiger partial charge < -0.3 is 15.2 Å². The van der Waals surface area contributed by atoms with Crippen LogP contribution in [0.3, 0.4) is 0 Å². The van der Waals surface area contributed by atoms with Crippen molar-refractivity contribution in [3.63, 3.8) is 0 Å². The van der Waals surface area contributed by atoms with Gasteiger partial charge in [-0.2, -0.15) is 0 Å². The van der Waals surface area contributed by atoms with Crippen molar-refractivity contribution >= 4 is 22.9 Å². The summed E-state index contributed by atoms with van der Waals surface area (Å²) in [4.78, 5) is 23.5. The molecule has 1 aliphatic heterocycles. The monoisotopic (exact) mass is 340 g/mol. The summed E-state index contributed by atoms with van der Waals surface area (Å²) in [6.07, 6.45) is 0. The van der Waals surface area contributed by atoms with Crippen molar-refractivity contribution in [3.8, 4) is 0 Å². The number of hydrogen-bond acceptors (Lipinski definition) is 5. The van der Waals surface area contributed by atoms with Gasteiger partial charge in [-0.3, -0.25) is 10.1 Å². The Balaban J connectivity index is 2.43. The van der Waals surface area contributed by atoms with E-state index in [2.05, 4.69) is 5.32 Å². The third-order valence-electron chi connectivity index (χ3n) is 3.99. The summed E-state index contributed by atoms with van der Waals surface area (Å²) in [5.41, 5.74) is -1.28. The molecule has 1 atom stereocenters. The van der Waals surface area contributed by atoms with Gasteiger partial charge in [-0.05, 0) is 24.6 Å². The number of nitro groups is 1. The highest BCUT2D eigenvalue weighted by Gasteiger charge is 2.52. The number of carboxylic acid groups (broad SMARTS) is 1. The van der Waals surface area contributed by atoms with Gasteiger partial charge >= 0.3 is 5.97 Å². The molecule has 0 saturated heterocycles. The number of para-hydroxylation sites is 1. The van der Waals surface area contributed by atoms with Crippen molar-refractivity contribution in [1.82, 2.24) is 0 Å². The van der Waals surface area contributed by atoms with Crippen LogP contribution in [-0.4, -0.2) is 28.3 Å². The number of aliphatic carboxylic acids is 1. The van der Waals surface area contributed by atoms with Gasteiger partial charge in [0, 0.05) is 6.61 Å². The molecule has 2 aromatic rings. The molecule has 1 aliphatic rings. The van der Waals surface area contributed by atoms with Crippen molar-refractivity contribution in [1.29, 1.82) is 0 Å². The smallest absolute Gasteiger partial charge is 0.362 e. The highest BCUT2D eigenvalue weighted by Crippen LogP contribution is 2.45. The zero-order chi connectivity index (χ0) is 18.0. The topological polar surface area (TPSA) is 102 Å². The molecule has 0 fully saturated rings. The third-order valence-corrected chi connectivity index (χ3v) is 3.99. The zero-order valence-corrected chi connectivity index (χ0v) is 13.4. The lowest BCUT2D eigenvalue weighted by Crippen LogP contribution is -2.52. The fourth-order valence-electron chi connectivity index (χ4n) is 3.03. The Morgan fingerprint density at radius 2 is 1.84 bits per heavy atom. The average molecular weight is 340 g/mol. The summed E-state index contributed by atoms with van der Waals surface area (Å²) in [6, 6.07) is 14.9. The van der Waals surface area contributed by atoms with Crippen LogP contribution in [0.15, 0.2) is 54.6 Å². The first-order valence-corrected chi connectivity index (χ1v) is 7.70. The van der Waals surface area contributed by atoms with Crippen LogP contribution in [-0.2, 0) is 9.53 Å². The van der Waals surface area contributed by atoms with Crippen molar-refractivity contribution in [2.24, 2.45) is 0 Å². The van der Waals surface area contributed by atoms with Crippen molar-refractivity contribution in [2.45, 2.75) is 12.6 Å². The molecule has 0 amide bonds. The van der Waals surface area contributed by atoms with Crippen LogP contribution in [0.25, 0.3) is 11.3 Å². The van der Waals surface area contributed by atoms with Gasteiger partial charge in [0.25, 0.3) is 11.4 Å². The Hall–Kier alpha value is -3.19. The van der Waals surface area contributed by atoms with Crippen LogP contribution in [0.5, 0.6) is 0 Å². The van der Waals surface area contributed by atoms with Gasteiger partial charge in [-0.1, -0.05) is 42.5 Å². The number of carbonyl (C=O) groups is 1. The maximum Gasteiger partial charge on any atom is 0.362 e. The fraction of sp³-hybridized carbons (Fsp3) is 0.167. The number of carboxylic acids is 1. The van der Waals surface area contributed by atoms with Gasteiger partial charge in [-0.25, -0.2) is 4.79 Å². The van der Waals surface area contributed by atoms with E-state index in [0.29, 0.717) is 16.8 Å². The third kappa shape index (κ3) is 2.64. The molecule has 0 radical (unpaired) electrons. The SMILES string of the molecule is CCOC1(C(=O)O)Nc2ccccc2C([N+](=O)[O-])=C1c1ccccc1. The number of rotatable bonds is 5. The number of benzene rings is 2. The van der Waals surface area contributed by atoms with E-state index in [1.807, 2.05) is 0 Å². The number of nitrogens with zero attached hydrogens (tertiary/aromatic N) is 1. The first kappa shape index (κ1) is 16.7. The normalized spacial score (nSPS) is 19.1. The van der Waals surface area contributed by atoms with Crippen molar-refractivity contribution < 1.29 is 19.6 Å². The van der Waals surface area contributed by atoms with Gasteiger partial charge in [0.15, 0.2) is 0 Å². The maximum absolute atomic E-state index is 12.2. The highest BCUT2D eigenvalue weighted by molar-refractivity contribution is 6.09. The molecule has 128 valence electrons. The molecule has 2 N–H and O–H groups in total. The van der Waals surface area contributed by atoms with E-state index in [9.17, 15) is 20.0 Å². The van der Waals surface area contributed by atoms with Crippen LogP contribution in [0, 0.1) is 10.1 Å². The highest BCUT2D eigenvalue weighted by atomic mass is 16.6. The molecule has 25 heavy (non-hydrogen) atoms. The predicted octanol–water partition coefficient (Wildman–Crippen LogP) is 3.07. The van der Waals surface area contributed by atoms with Gasteiger partial charge in [0.2, 0.25) is 0 Å². The molecule has 7 heteroatoms. The van der Waals surface area contributed by atoms with Crippen LogP contribution < -0.4 is 5.32 Å². The molecule has 0 spiro atoms. The quantitative estimate of drug-likeness (QED) is 0.641. The number of ether oxygens (including phenoxy) is 1. The van der Waals surface area contributed by atoms with Crippen molar-refractivity contribution in [3.05, 3.63) is 75.8 Å². The Labute approximate surface area is 143 Å². The van der Waals surface area contributed by atoms with Crippen LogP contribution in [0.4, 0.5) is 5.69 Å². The van der Waals surface area contributed by atoms with Gasteiger partial charge in [0.05, 0.1) is 16.2 Å². The molecule has 1 heterocycles. The van der Waals surface area contributed by atoms with E-state index >= 15 is 0 Å².